The first-order chi connectivity index (χ1) is 17.9. The molecule has 8 nitrogen and oxygen atoms in total. The molecule has 0 bridgehead atoms. The number of carbonyl (C=O) groups excluding carboxylic acids is 3. The van der Waals surface area contributed by atoms with Gasteiger partial charge < -0.3 is 15.4 Å². The van der Waals surface area contributed by atoms with Crippen LogP contribution >= 0.6 is 0 Å². The Balaban J connectivity index is 1.31. The fraction of sp³-hybridized carbons (Fsp3) is 0.333. The lowest BCUT2D eigenvalue weighted by atomic mass is 9.88. The lowest BCUT2D eigenvalue weighted by molar-refractivity contribution is -0.126. The van der Waals surface area contributed by atoms with Crippen molar-refractivity contribution in [2.45, 2.75) is 44.6 Å². The van der Waals surface area contributed by atoms with E-state index >= 15 is 0 Å². The molecule has 4 amide bonds. The second-order valence-corrected chi connectivity index (χ2v) is 9.03. The van der Waals surface area contributed by atoms with Gasteiger partial charge in [0, 0.05) is 23.9 Å². The summed E-state index contributed by atoms with van der Waals surface area (Å²) in [7, 11) is 0. The normalized spacial score (nSPS) is 17.5. The van der Waals surface area contributed by atoms with E-state index in [4.69, 9.17) is 4.74 Å². The van der Waals surface area contributed by atoms with Gasteiger partial charge in [0.25, 0.3) is 0 Å². The second kappa shape index (κ2) is 12.2. The van der Waals surface area contributed by atoms with Crippen LogP contribution in [0.5, 0.6) is 5.75 Å². The molecule has 0 aromatic heterocycles. The SMILES string of the molecule is O=C(Cc1ccc(F)cc1)NC(=O)Nc1ccc(OC2=CC=NCC2NC(=O)C2CCCCC2)c(F)c1. The number of allylic oxidation sites excluding steroid dienone is 1. The Morgan fingerprint density at radius 2 is 1.76 bits per heavy atom. The number of aliphatic imine (C=N–C) groups is 1. The molecule has 1 atom stereocenters. The topological polar surface area (TPSA) is 109 Å². The number of urea groups is 1. The van der Waals surface area contributed by atoms with E-state index < -0.39 is 29.6 Å². The van der Waals surface area contributed by atoms with Crippen LogP contribution in [-0.4, -0.2) is 36.6 Å². The summed E-state index contributed by atoms with van der Waals surface area (Å²) in [6.45, 7) is 0.289. The van der Waals surface area contributed by atoms with Gasteiger partial charge in [-0.15, -0.1) is 0 Å². The molecule has 1 aliphatic carbocycles. The van der Waals surface area contributed by atoms with Crippen molar-refractivity contribution < 1.29 is 27.9 Å². The Labute approximate surface area is 213 Å². The smallest absolute Gasteiger partial charge is 0.325 e. The number of hydrogen-bond acceptors (Lipinski definition) is 5. The number of rotatable bonds is 7. The van der Waals surface area contributed by atoms with E-state index in [9.17, 15) is 23.2 Å². The van der Waals surface area contributed by atoms with Crippen LogP contribution in [0, 0.1) is 17.6 Å². The maximum atomic E-state index is 14.8. The number of amides is 4. The molecule has 1 aliphatic heterocycles. The van der Waals surface area contributed by atoms with Crippen molar-refractivity contribution >= 4 is 29.7 Å². The van der Waals surface area contributed by atoms with Gasteiger partial charge in [-0.05, 0) is 48.7 Å². The summed E-state index contributed by atoms with van der Waals surface area (Å²) in [5, 5.41) is 7.50. The van der Waals surface area contributed by atoms with Crippen LogP contribution in [0.3, 0.4) is 0 Å². The summed E-state index contributed by atoms with van der Waals surface area (Å²) in [4.78, 5) is 41.0. The van der Waals surface area contributed by atoms with Gasteiger partial charge in [0.2, 0.25) is 11.8 Å². The highest BCUT2D eigenvalue weighted by molar-refractivity contribution is 6.01. The molecular weight excluding hydrogens is 482 g/mol. The third-order valence-corrected chi connectivity index (χ3v) is 6.22. The highest BCUT2D eigenvalue weighted by Crippen LogP contribution is 2.26. The van der Waals surface area contributed by atoms with E-state index in [0.717, 1.165) is 38.2 Å². The fourth-order valence-electron chi connectivity index (χ4n) is 4.28. The predicted molar refractivity (Wildman–Crippen MR) is 134 cm³/mol. The Morgan fingerprint density at radius 1 is 1.00 bits per heavy atom. The van der Waals surface area contributed by atoms with Crippen LogP contribution in [0.1, 0.15) is 37.7 Å². The number of anilines is 1. The maximum Gasteiger partial charge on any atom is 0.325 e. The summed E-state index contributed by atoms with van der Waals surface area (Å²) >= 11 is 0. The average molecular weight is 511 g/mol. The first kappa shape index (κ1) is 26.0. The third-order valence-electron chi connectivity index (χ3n) is 6.22. The molecule has 37 heavy (non-hydrogen) atoms. The standard InChI is InChI=1S/C27H28F2N4O4/c28-19-8-6-17(7-9-19)14-25(34)33-27(36)31-20-10-11-23(21(29)15-20)37-24-12-13-30-16-22(24)32-26(35)18-4-2-1-3-5-18/h6-13,15,18,22H,1-5,14,16H2,(H,32,35)(H2,31,33,34,36). The zero-order chi connectivity index (χ0) is 26.2. The highest BCUT2D eigenvalue weighted by Gasteiger charge is 2.27. The molecular formula is C27H28F2N4O4. The summed E-state index contributed by atoms with van der Waals surface area (Å²) in [6, 6.07) is 7.82. The molecule has 194 valence electrons. The number of carbonyl (C=O) groups is 3. The van der Waals surface area contributed by atoms with E-state index in [0.29, 0.717) is 11.3 Å². The van der Waals surface area contributed by atoms with E-state index in [1.165, 1.54) is 36.4 Å². The van der Waals surface area contributed by atoms with Crippen molar-refractivity contribution in [3.8, 4) is 5.75 Å². The van der Waals surface area contributed by atoms with E-state index in [2.05, 4.69) is 20.9 Å². The van der Waals surface area contributed by atoms with Gasteiger partial charge in [-0.2, -0.15) is 0 Å². The molecule has 2 aromatic carbocycles. The lowest BCUT2D eigenvalue weighted by Crippen LogP contribution is -2.44. The minimum Gasteiger partial charge on any atom is -0.456 e. The van der Waals surface area contributed by atoms with E-state index in [-0.39, 0.29) is 36.2 Å². The maximum absolute atomic E-state index is 14.8. The zero-order valence-corrected chi connectivity index (χ0v) is 20.1. The number of nitrogens with one attached hydrogen (secondary N) is 3. The number of imide groups is 1. The molecule has 1 fully saturated rings. The number of hydrogen-bond donors (Lipinski definition) is 3. The highest BCUT2D eigenvalue weighted by atomic mass is 19.1. The predicted octanol–water partition coefficient (Wildman–Crippen LogP) is 4.27. The molecule has 2 aliphatic rings. The minimum atomic E-state index is -0.836. The molecule has 0 radical (unpaired) electrons. The van der Waals surface area contributed by atoms with Crippen LogP contribution in [-0.2, 0) is 16.0 Å². The van der Waals surface area contributed by atoms with Crippen molar-refractivity contribution in [1.82, 2.24) is 10.6 Å². The average Bonchev–Trinajstić information content (AvgIpc) is 2.88. The van der Waals surface area contributed by atoms with Crippen molar-refractivity contribution in [2.24, 2.45) is 10.9 Å². The second-order valence-electron chi connectivity index (χ2n) is 9.03. The Hall–Kier alpha value is -4.08. The van der Waals surface area contributed by atoms with Gasteiger partial charge in [0.05, 0.1) is 13.0 Å². The summed E-state index contributed by atoms with van der Waals surface area (Å²) in [5.41, 5.74) is 0.646. The zero-order valence-electron chi connectivity index (χ0n) is 20.1. The number of nitrogens with zero attached hydrogens (tertiary/aromatic N) is 1. The largest absolute Gasteiger partial charge is 0.456 e. The molecule has 10 heteroatoms. The monoisotopic (exact) mass is 510 g/mol. The molecule has 1 saturated carbocycles. The van der Waals surface area contributed by atoms with Crippen LogP contribution < -0.4 is 20.7 Å². The van der Waals surface area contributed by atoms with Crippen molar-refractivity contribution in [3.63, 3.8) is 0 Å². The fourth-order valence-corrected chi connectivity index (χ4v) is 4.28. The van der Waals surface area contributed by atoms with E-state index in [1.54, 1.807) is 12.3 Å². The Kier molecular flexibility index (Phi) is 8.60. The Bertz CT molecular complexity index is 1210. The first-order valence-electron chi connectivity index (χ1n) is 12.2. The van der Waals surface area contributed by atoms with Crippen LogP contribution in [0.15, 0.2) is 59.3 Å². The number of benzene rings is 2. The quantitative estimate of drug-likeness (QED) is 0.517. The molecule has 2 aromatic rings. The summed E-state index contributed by atoms with van der Waals surface area (Å²) in [6.07, 6.45) is 7.93. The molecule has 0 spiro atoms. The molecule has 1 unspecified atom stereocenters. The third kappa shape index (κ3) is 7.45. The van der Waals surface area contributed by atoms with Gasteiger partial charge in [-0.1, -0.05) is 31.4 Å². The number of dihydropyridines is 1. The van der Waals surface area contributed by atoms with Crippen molar-refractivity contribution in [1.29, 1.82) is 0 Å². The van der Waals surface area contributed by atoms with Gasteiger partial charge in [0.15, 0.2) is 11.6 Å². The van der Waals surface area contributed by atoms with Crippen LogP contribution in [0.25, 0.3) is 0 Å². The van der Waals surface area contributed by atoms with Crippen LogP contribution in [0.2, 0.25) is 0 Å². The van der Waals surface area contributed by atoms with Crippen molar-refractivity contribution in [2.75, 3.05) is 11.9 Å². The lowest BCUT2D eigenvalue weighted by Gasteiger charge is -2.26. The number of ether oxygens (including phenoxy) is 1. The molecule has 0 saturated heterocycles. The van der Waals surface area contributed by atoms with Gasteiger partial charge in [-0.3, -0.25) is 19.9 Å². The minimum absolute atomic E-state index is 0.0308. The van der Waals surface area contributed by atoms with Gasteiger partial charge in [0.1, 0.15) is 17.6 Å². The molecule has 4 rings (SSSR count). The molecule has 1 heterocycles. The van der Waals surface area contributed by atoms with Gasteiger partial charge in [-0.25, -0.2) is 13.6 Å². The van der Waals surface area contributed by atoms with Crippen molar-refractivity contribution in [3.05, 3.63) is 71.5 Å². The molecule has 3 N–H and O–H groups in total. The Morgan fingerprint density at radius 3 is 2.49 bits per heavy atom. The van der Waals surface area contributed by atoms with E-state index in [1.807, 2.05) is 0 Å². The van der Waals surface area contributed by atoms with Crippen LogP contribution in [0.4, 0.5) is 19.3 Å². The summed E-state index contributed by atoms with van der Waals surface area (Å²) in [5.74, 6) is -1.57. The summed E-state index contributed by atoms with van der Waals surface area (Å²) < 4.78 is 33.5. The number of halogens is 2. The van der Waals surface area contributed by atoms with Gasteiger partial charge >= 0.3 is 6.03 Å². The first-order valence-corrected chi connectivity index (χ1v) is 12.2.